The molecule has 2 rings (SSSR count). The van der Waals surface area contributed by atoms with Crippen LogP contribution in [0.3, 0.4) is 0 Å². The largest absolute Gasteiger partial charge is 0.370 e. The zero-order valence-electron chi connectivity index (χ0n) is 15.5. The van der Waals surface area contributed by atoms with Gasteiger partial charge in [-0.25, -0.2) is 13.8 Å². The number of rotatable bonds is 11. The Morgan fingerprint density at radius 1 is 1.35 bits per heavy atom. The van der Waals surface area contributed by atoms with Crippen LogP contribution in [0.5, 0.6) is 0 Å². The van der Waals surface area contributed by atoms with Gasteiger partial charge >= 0.3 is 0 Å². The molecule has 0 fully saturated rings. The van der Waals surface area contributed by atoms with E-state index < -0.39 is 12.5 Å². The van der Waals surface area contributed by atoms with E-state index in [1.807, 2.05) is 0 Å². The lowest BCUT2D eigenvalue weighted by atomic mass is 10.1. The summed E-state index contributed by atoms with van der Waals surface area (Å²) in [5.74, 6) is 0.889. The second-order valence-electron chi connectivity index (χ2n) is 7.00. The molecule has 1 atom stereocenters. The third kappa shape index (κ3) is 6.96. The summed E-state index contributed by atoms with van der Waals surface area (Å²) >= 11 is 0. The van der Waals surface area contributed by atoms with Crippen LogP contribution in [-0.2, 0) is 17.6 Å². The molecule has 0 amide bonds. The number of halogens is 2. The van der Waals surface area contributed by atoms with E-state index in [4.69, 9.17) is 5.73 Å². The lowest BCUT2D eigenvalue weighted by Crippen LogP contribution is -2.37. The molecule has 0 aliphatic carbocycles. The first kappa shape index (κ1) is 20.7. The Morgan fingerprint density at radius 2 is 2.15 bits per heavy atom. The van der Waals surface area contributed by atoms with E-state index in [0.29, 0.717) is 19.5 Å². The number of Topliss-reactive ketones (excluding diaryl/α,β-unsaturated/α-hetero) is 1. The van der Waals surface area contributed by atoms with E-state index in [1.165, 1.54) is 12.5 Å². The van der Waals surface area contributed by atoms with Crippen LogP contribution < -0.4 is 11.1 Å². The normalized spacial score (nSPS) is 15.0. The Balaban J connectivity index is 1.75. The number of unbranched alkanes of at least 4 members (excludes halogenated alkanes) is 1. The van der Waals surface area contributed by atoms with Crippen LogP contribution in [0.2, 0.25) is 0 Å². The first-order chi connectivity index (χ1) is 12.5. The maximum absolute atomic E-state index is 12.7. The fourth-order valence-electron chi connectivity index (χ4n) is 3.16. The zero-order valence-corrected chi connectivity index (χ0v) is 15.5. The quantitative estimate of drug-likeness (QED) is 0.588. The number of nitrogens with one attached hydrogen (secondary N) is 1. The molecule has 1 aromatic rings. The number of hydrogen-bond acceptors (Lipinski definition) is 5. The molecule has 0 spiro atoms. The molecule has 0 aromatic carbocycles. The number of alkyl halides is 2. The summed E-state index contributed by atoms with van der Waals surface area (Å²) in [6.07, 6.45) is 2.79. The monoisotopic (exact) mass is 368 g/mol. The van der Waals surface area contributed by atoms with Gasteiger partial charge in [0.25, 0.3) is 6.43 Å². The van der Waals surface area contributed by atoms with E-state index in [1.54, 1.807) is 4.90 Å². The zero-order chi connectivity index (χ0) is 18.9. The van der Waals surface area contributed by atoms with Crippen molar-refractivity contribution < 1.29 is 13.6 Å². The Labute approximate surface area is 154 Å². The predicted octanol–water partition coefficient (Wildman–Crippen LogP) is 2.64. The molecule has 2 heterocycles. The van der Waals surface area contributed by atoms with E-state index in [-0.39, 0.29) is 12.3 Å². The van der Waals surface area contributed by atoms with Crippen LogP contribution in [0.25, 0.3) is 0 Å². The summed E-state index contributed by atoms with van der Waals surface area (Å²) in [4.78, 5) is 17.6. The van der Waals surface area contributed by atoms with Crippen molar-refractivity contribution in [2.45, 2.75) is 57.9 Å². The van der Waals surface area contributed by atoms with Crippen LogP contribution in [0.1, 0.15) is 43.9 Å². The molecule has 0 radical (unpaired) electrons. The lowest BCUT2D eigenvalue weighted by molar-refractivity contribution is -0.118. The molecule has 3 N–H and O–H groups in total. The summed E-state index contributed by atoms with van der Waals surface area (Å²) in [5.41, 5.74) is 8.01. The molecular formula is C19H30F2N4O. The van der Waals surface area contributed by atoms with Crippen molar-refractivity contribution in [3.63, 3.8) is 0 Å². The third-order valence-electron chi connectivity index (χ3n) is 4.78. The summed E-state index contributed by atoms with van der Waals surface area (Å²) < 4.78 is 25.5. The van der Waals surface area contributed by atoms with E-state index in [2.05, 4.69) is 22.4 Å². The number of carbonyl (C=O) groups is 1. The van der Waals surface area contributed by atoms with Crippen LogP contribution >= 0.6 is 0 Å². The smallest absolute Gasteiger partial charge is 0.251 e. The van der Waals surface area contributed by atoms with Gasteiger partial charge in [-0.05, 0) is 63.6 Å². The van der Waals surface area contributed by atoms with Gasteiger partial charge in [-0.15, -0.1) is 0 Å². The minimum absolute atomic E-state index is 0.103. The summed E-state index contributed by atoms with van der Waals surface area (Å²) in [6.45, 7) is 3.13. The van der Waals surface area contributed by atoms with Crippen molar-refractivity contribution >= 4 is 11.6 Å². The summed E-state index contributed by atoms with van der Waals surface area (Å²) in [5, 5.41) is 3.33. The van der Waals surface area contributed by atoms with Crippen LogP contribution in [0, 0.1) is 0 Å². The van der Waals surface area contributed by atoms with Crippen molar-refractivity contribution in [1.29, 1.82) is 0 Å². The maximum Gasteiger partial charge on any atom is 0.251 e. The minimum Gasteiger partial charge on any atom is -0.370 e. The molecule has 7 heteroatoms. The van der Waals surface area contributed by atoms with Gasteiger partial charge in [0.05, 0.1) is 12.6 Å². The number of nitrogens with zero attached hydrogens (tertiary/aromatic N) is 2. The molecule has 1 aromatic heterocycles. The van der Waals surface area contributed by atoms with Crippen LogP contribution in [0.15, 0.2) is 12.1 Å². The van der Waals surface area contributed by atoms with E-state index >= 15 is 0 Å². The number of nitrogens with two attached hydrogens (primary N) is 1. The number of anilines is 1. The van der Waals surface area contributed by atoms with Crippen LogP contribution in [-0.4, -0.2) is 54.3 Å². The maximum atomic E-state index is 12.7. The number of pyridine rings is 1. The molecule has 0 saturated carbocycles. The fourth-order valence-corrected chi connectivity index (χ4v) is 3.16. The van der Waals surface area contributed by atoms with Crippen LogP contribution in [0.4, 0.5) is 14.6 Å². The average Bonchev–Trinajstić information content (AvgIpc) is 2.62. The number of hydrogen-bond donors (Lipinski definition) is 2. The highest BCUT2D eigenvalue weighted by Crippen LogP contribution is 2.20. The molecule has 5 nitrogen and oxygen atoms in total. The molecule has 1 aliphatic heterocycles. The first-order valence-corrected chi connectivity index (χ1v) is 9.45. The predicted molar refractivity (Wildman–Crippen MR) is 99.7 cm³/mol. The first-order valence-electron chi connectivity index (χ1n) is 9.45. The number of aryl methyl sites for hydroxylation is 2. The molecule has 0 saturated heterocycles. The van der Waals surface area contributed by atoms with Crippen molar-refractivity contribution in [3.05, 3.63) is 23.4 Å². The SMILES string of the molecule is CC(=O)C(N)CCN(CCCCc1ccc2c(n1)NCCC2)CC(F)F. The van der Waals surface area contributed by atoms with E-state index in [9.17, 15) is 13.6 Å². The third-order valence-corrected chi connectivity index (χ3v) is 4.78. The highest BCUT2D eigenvalue weighted by molar-refractivity contribution is 5.81. The number of aromatic nitrogens is 1. The van der Waals surface area contributed by atoms with Gasteiger partial charge in [0, 0.05) is 18.8 Å². The molecule has 146 valence electrons. The van der Waals surface area contributed by atoms with E-state index in [0.717, 1.165) is 50.2 Å². The number of fused-ring (bicyclic) bond motifs is 1. The standard InChI is InChI=1S/C19H30F2N4O/c1-14(26)17(22)9-12-25(13-18(20)21)11-3-2-6-16-8-7-15-5-4-10-23-19(15)24-16/h7-8,17-18H,2-6,9-13,22H2,1H3,(H,23,24). The highest BCUT2D eigenvalue weighted by Gasteiger charge is 2.15. The van der Waals surface area contributed by atoms with Crippen molar-refractivity contribution in [2.24, 2.45) is 5.73 Å². The Kier molecular flexibility index (Phi) is 8.38. The van der Waals surface area contributed by atoms with Crippen molar-refractivity contribution in [3.8, 4) is 0 Å². The van der Waals surface area contributed by atoms with Crippen molar-refractivity contribution in [2.75, 3.05) is 31.5 Å². The average molecular weight is 368 g/mol. The summed E-state index contributed by atoms with van der Waals surface area (Å²) in [6, 6.07) is 3.63. The fraction of sp³-hybridized carbons (Fsp3) is 0.684. The van der Waals surface area contributed by atoms with Gasteiger partial charge in [-0.3, -0.25) is 9.69 Å². The molecule has 0 bridgehead atoms. The lowest BCUT2D eigenvalue weighted by Gasteiger charge is -2.23. The van der Waals surface area contributed by atoms with Gasteiger partial charge in [0.2, 0.25) is 0 Å². The molecular weight excluding hydrogens is 338 g/mol. The topological polar surface area (TPSA) is 71.2 Å². The number of ketones is 1. The van der Waals surface area contributed by atoms with Gasteiger partial charge in [-0.1, -0.05) is 6.07 Å². The molecule has 26 heavy (non-hydrogen) atoms. The Bertz CT molecular complexity index is 583. The highest BCUT2D eigenvalue weighted by atomic mass is 19.3. The minimum atomic E-state index is -2.38. The second-order valence-corrected chi connectivity index (χ2v) is 7.00. The van der Waals surface area contributed by atoms with Gasteiger partial charge in [0.1, 0.15) is 11.6 Å². The van der Waals surface area contributed by atoms with Gasteiger partial charge in [0.15, 0.2) is 0 Å². The summed E-state index contributed by atoms with van der Waals surface area (Å²) in [7, 11) is 0. The molecule has 1 aliphatic rings. The van der Waals surface area contributed by atoms with Gasteiger partial charge in [-0.2, -0.15) is 0 Å². The Morgan fingerprint density at radius 3 is 2.88 bits per heavy atom. The molecule has 1 unspecified atom stereocenters. The Hall–Kier alpha value is -1.60. The second kappa shape index (κ2) is 10.5. The van der Waals surface area contributed by atoms with Crippen molar-refractivity contribution in [1.82, 2.24) is 9.88 Å². The number of carbonyl (C=O) groups excluding carboxylic acids is 1. The van der Waals surface area contributed by atoms with Gasteiger partial charge < -0.3 is 11.1 Å².